The predicted octanol–water partition coefficient (Wildman–Crippen LogP) is 4.00. The van der Waals surface area contributed by atoms with Gasteiger partial charge in [-0.2, -0.15) is 0 Å². The fourth-order valence-electron chi connectivity index (χ4n) is 2.06. The first-order valence-electron chi connectivity index (χ1n) is 7.44. The molecule has 0 aromatic heterocycles. The Bertz CT molecular complexity index is 893. The van der Waals surface area contributed by atoms with Crippen LogP contribution in [0.15, 0.2) is 48.5 Å². The van der Waals surface area contributed by atoms with E-state index in [0.29, 0.717) is 5.02 Å². The number of carbonyl (C=O) groups excluding carboxylic acids is 1. The van der Waals surface area contributed by atoms with Crippen molar-refractivity contribution in [3.63, 3.8) is 0 Å². The standard InChI is InChI=1S/C18H14ClNO6/c1-11(18(22)23)26-15-4-2-3-13(10-15)17(21)8-5-12-9-14(19)6-7-16(12)20(24)25/h2-11H,1H3,(H,22,23)/b8-5+. The summed E-state index contributed by atoms with van der Waals surface area (Å²) in [5.74, 6) is -1.32. The maximum absolute atomic E-state index is 12.3. The van der Waals surface area contributed by atoms with Crippen LogP contribution < -0.4 is 4.74 Å². The molecule has 8 heteroatoms. The highest BCUT2D eigenvalue weighted by Gasteiger charge is 2.14. The third-order valence-electron chi connectivity index (χ3n) is 3.38. The van der Waals surface area contributed by atoms with E-state index in [9.17, 15) is 19.7 Å². The molecule has 1 N–H and O–H groups in total. The van der Waals surface area contributed by atoms with Gasteiger partial charge in [-0.1, -0.05) is 23.7 Å². The normalized spacial score (nSPS) is 11.9. The van der Waals surface area contributed by atoms with Gasteiger partial charge in [-0.25, -0.2) is 4.79 Å². The van der Waals surface area contributed by atoms with Crippen molar-refractivity contribution in [3.05, 3.63) is 74.8 Å². The van der Waals surface area contributed by atoms with Gasteiger partial charge in [-0.05, 0) is 43.3 Å². The summed E-state index contributed by atoms with van der Waals surface area (Å²) in [5.41, 5.74) is 0.273. The van der Waals surface area contributed by atoms with E-state index in [-0.39, 0.29) is 22.6 Å². The largest absolute Gasteiger partial charge is 0.479 e. The minimum atomic E-state index is -1.13. The zero-order valence-corrected chi connectivity index (χ0v) is 14.3. The summed E-state index contributed by atoms with van der Waals surface area (Å²) in [6.07, 6.45) is 1.42. The van der Waals surface area contributed by atoms with Crippen LogP contribution in [0, 0.1) is 10.1 Å². The number of allylic oxidation sites excluding steroid dienone is 1. The summed E-state index contributed by atoms with van der Waals surface area (Å²) in [5, 5.41) is 20.2. The smallest absolute Gasteiger partial charge is 0.344 e. The van der Waals surface area contributed by atoms with Gasteiger partial charge in [-0.3, -0.25) is 14.9 Å². The number of carbonyl (C=O) groups is 2. The molecule has 26 heavy (non-hydrogen) atoms. The quantitative estimate of drug-likeness (QED) is 0.339. The first kappa shape index (κ1) is 19.1. The van der Waals surface area contributed by atoms with Crippen LogP contribution in [-0.2, 0) is 4.79 Å². The van der Waals surface area contributed by atoms with Gasteiger partial charge in [0.25, 0.3) is 5.69 Å². The van der Waals surface area contributed by atoms with Crippen molar-refractivity contribution in [1.29, 1.82) is 0 Å². The Morgan fingerprint density at radius 1 is 1.27 bits per heavy atom. The molecule has 0 heterocycles. The predicted molar refractivity (Wildman–Crippen MR) is 95.6 cm³/mol. The van der Waals surface area contributed by atoms with E-state index < -0.39 is 22.8 Å². The Morgan fingerprint density at radius 2 is 2.00 bits per heavy atom. The highest BCUT2D eigenvalue weighted by Crippen LogP contribution is 2.24. The van der Waals surface area contributed by atoms with Crippen LogP contribution in [-0.4, -0.2) is 27.9 Å². The Balaban J connectivity index is 2.23. The Labute approximate surface area is 153 Å². The molecule has 1 unspecified atom stereocenters. The lowest BCUT2D eigenvalue weighted by Gasteiger charge is -2.10. The molecule has 0 aliphatic carbocycles. The van der Waals surface area contributed by atoms with Gasteiger partial charge >= 0.3 is 5.97 Å². The number of carboxylic acid groups (broad SMARTS) is 1. The molecule has 0 amide bonds. The number of nitrogens with zero attached hydrogens (tertiary/aromatic N) is 1. The Morgan fingerprint density at radius 3 is 2.65 bits per heavy atom. The average Bonchev–Trinajstić information content (AvgIpc) is 2.59. The molecule has 2 rings (SSSR count). The molecular formula is C18H14ClNO6. The molecule has 0 aliphatic heterocycles. The second-order valence-corrected chi connectivity index (χ2v) is 5.72. The van der Waals surface area contributed by atoms with E-state index in [1.807, 2.05) is 0 Å². The average molecular weight is 376 g/mol. The van der Waals surface area contributed by atoms with Gasteiger partial charge in [0.05, 0.1) is 10.5 Å². The summed E-state index contributed by atoms with van der Waals surface area (Å²) in [4.78, 5) is 33.6. The maximum atomic E-state index is 12.3. The minimum absolute atomic E-state index is 0.175. The van der Waals surface area contributed by atoms with E-state index in [2.05, 4.69) is 0 Å². The second kappa shape index (κ2) is 8.26. The van der Waals surface area contributed by atoms with Gasteiger partial charge in [0.15, 0.2) is 11.9 Å². The SMILES string of the molecule is CC(Oc1cccc(C(=O)/C=C/c2cc(Cl)ccc2[N+](=O)[O-])c1)C(=O)O. The van der Waals surface area contributed by atoms with Gasteiger partial charge in [0.2, 0.25) is 0 Å². The number of halogens is 1. The first-order chi connectivity index (χ1) is 12.3. The lowest BCUT2D eigenvalue weighted by molar-refractivity contribution is -0.385. The van der Waals surface area contributed by atoms with Crippen LogP contribution in [0.1, 0.15) is 22.8 Å². The molecule has 0 radical (unpaired) electrons. The number of hydrogen-bond acceptors (Lipinski definition) is 5. The number of carboxylic acids is 1. The van der Waals surface area contributed by atoms with E-state index in [4.69, 9.17) is 21.4 Å². The molecule has 7 nitrogen and oxygen atoms in total. The Hall–Kier alpha value is -3.19. The molecular weight excluding hydrogens is 362 g/mol. The zero-order chi connectivity index (χ0) is 19.3. The lowest BCUT2D eigenvalue weighted by Crippen LogP contribution is -2.22. The molecule has 0 spiro atoms. The number of nitro benzene ring substituents is 1. The topological polar surface area (TPSA) is 107 Å². The van der Waals surface area contributed by atoms with Crippen LogP contribution >= 0.6 is 11.6 Å². The number of ketones is 1. The summed E-state index contributed by atoms with van der Waals surface area (Å²) in [6, 6.07) is 10.0. The number of aliphatic carboxylic acids is 1. The van der Waals surface area contributed by atoms with Crippen molar-refractivity contribution in [3.8, 4) is 5.75 Å². The number of hydrogen-bond donors (Lipinski definition) is 1. The van der Waals surface area contributed by atoms with Crippen LogP contribution in [0.5, 0.6) is 5.75 Å². The van der Waals surface area contributed by atoms with Crippen LogP contribution in [0.4, 0.5) is 5.69 Å². The van der Waals surface area contributed by atoms with E-state index in [0.717, 1.165) is 0 Å². The molecule has 2 aromatic rings. The fourth-order valence-corrected chi connectivity index (χ4v) is 2.24. The first-order valence-corrected chi connectivity index (χ1v) is 7.81. The van der Waals surface area contributed by atoms with Crippen molar-refractivity contribution in [2.45, 2.75) is 13.0 Å². The maximum Gasteiger partial charge on any atom is 0.344 e. The van der Waals surface area contributed by atoms with Gasteiger partial charge < -0.3 is 9.84 Å². The molecule has 0 saturated carbocycles. The highest BCUT2D eigenvalue weighted by atomic mass is 35.5. The van der Waals surface area contributed by atoms with Gasteiger partial charge in [-0.15, -0.1) is 0 Å². The van der Waals surface area contributed by atoms with Crippen molar-refractivity contribution < 1.29 is 24.4 Å². The van der Waals surface area contributed by atoms with Gasteiger partial charge in [0.1, 0.15) is 5.75 Å². The van der Waals surface area contributed by atoms with E-state index >= 15 is 0 Å². The molecule has 0 aliphatic rings. The number of nitro groups is 1. The minimum Gasteiger partial charge on any atom is -0.479 e. The van der Waals surface area contributed by atoms with Crippen molar-refractivity contribution in [2.75, 3.05) is 0 Å². The number of ether oxygens (including phenoxy) is 1. The monoisotopic (exact) mass is 375 g/mol. The van der Waals surface area contributed by atoms with Gasteiger partial charge in [0, 0.05) is 16.7 Å². The summed E-state index contributed by atoms with van der Waals surface area (Å²) >= 11 is 5.84. The lowest BCUT2D eigenvalue weighted by atomic mass is 10.1. The van der Waals surface area contributed by atoms with Crippen LogP contribution in [0.3, 0.4) is 0 Å². The third kappa shape index (κ3) is 4.90. The summed E-state index contributed by atoms with van der Waals surface area (Å²) in [6.45, 7) is 1.37. The van der Waals surface area contributed by atoms with Crippen molar-refractivity contribution in [2.24, 2.45) is 0 Å². The zero-order valence-electron chi connectivity index (χ0n) is 13.6. The van der Waals surface area contributed by atoms with E-state index in [1.54, 1.807) is 6.07 Å². The van der Waals surface area contributed by atoms with Crippen molar-refractivity contribution in [1.82, 2.24) is 0 Å². The third-order valence-corrected chi connectivity index (χ3v) is 3.61. The highest BCUT2D eigenvalue weighted by molar-refractivity contribution is 6.30. The summed E-state index contributed by atoms with van der Waals surface area (Å²) < 4.78 is 5.21. The Kier molecular flexibility index (Phi) is 6.08. The molecule has 1 atom stereocenters. The fraction of sp³-hybridized carbons (Fsp3) is 0.111. The number of rotatable bonds is 7. The second-order valence-electron chi connectivity index (χ2n) is 5.28. The summed E-state index contributed by atoms with van der Waals surface area (Å²) in [7, 11) is 0. The molecule has 0 bridgehead atoms. The molecule has 0 saturated heterocycles. The molecule has 0 fully saturated rings. The van der Waals surface area contributed by atoms with Crippen LogP contribution in [0.2, 0.25) is 5.02 Å². The van der Waals surface area contributed by atoms with E-state index in [1.165, 1.54) is 55.5 Å². The van der Waals surface area contributed by atoms with Crippen LogP contribution in [0.25, 0.3) is 6.08 Å². The molecule has 2 aromatic carbocycles. The number of benzene rings is 2. The van der Waals surface area contributed by atoms with Crippen molar-refractivity contribution >= 4 is 35.1 Å². The molecule has 134 valence electrons.